The Morgan fingerprint density at radius 1 is 0.900 bits per heavy atom. The summed E-state index contributed by atoms with van der Waals surface area (Å²) in [6.07, 6.45) is 1.20. The third-order valence-electron chi connectivity index (χ3n) is 4.61. The number of amides is 1. The third kappa shape index (κ3) is 5.05. The molecule has 0 spiro atoms. The van der Waals surface area contributed by atoms with E-state index < -0.39 is 5.97 Å². The van der Waals surface area contributed by atoms with Gasteiger partial charge in [0.25, 0.3) is 0 Å². The molecular formula is C23H23N3O4. The molecule has 0 aliphatic heterocycles. The summed E-state index contributed by atoms with van der Waals surface area (Å²) >= 11 is 0. The summed E-state index contributed by atoms with van der Waals surface area (Å²) in [5.41, 5.74) is 4.23. The highest BCUT2D eigenvalue weighted by molar-refractivity contribution is 6.00. The highest BCUT2D eigenvalue weighted by Crippen LogP contribution is 2.16. The van der Waals surface area contributed by atoms with Gasteiger partial charge >= 0.3 is 5.97 Å². The van der Waals surface area contributed by atoms with Crippen molar-refractivity contribution in [2.24, 2.45) is 0 Å². The highest BCUT2D eigenvalue weighted by Gasteiger charge is 2.14. The maximum absolute atomic E-state index is 12.3. The number of aryl methyl sites for hydroxylation is 2. The van der Waals surface area contributed by atoms with Gasteiger partial charge in [0.05, 0.1) is 28.0 Å². The van der Waals surface area contributed by atoms with Crippen molar-refractivity contribution in [2.75, 3.05) is 11.9 Å². The number of hydrogen-bond donors (Lipinski definition) is 1. The van der Waals surface area contributed by atoms with Gasteiger partial charge in [0.15, 0.2) is 12.4 Å². The van der Waals surface area contributed by atoms with Gasteiger partial charge in [0.1, 0.15) is 0 Å². The minimum Gasteiger partial charge on any atom is -0.454 e. The van der Waals surface area contributed by atoms with Gasteiger partial charge in [-0.3, -0.25) is 9.59 Å². The monoisotopic (exact) mass is 405 g/mol. The van der Waals surface area contributed by atoms with Crippen molar-refractivity contribution >= 4 is 34.4 Å². The van der Waals surface area contributed by atoms with Crippen molar-refractivity contribution < 1.29 is 19.1 Å². The van der Waals surface area contributed by atoms with Crippen molar-refractivity contribution in [2.45, 2.75) is 33.6 Å². The number of benzene rings is 2. The molecule has 7 nitrogen and oxygen atoms in total. The van der Waals surface area contributed by atoms with Gasteiger partial charge in [0.2, 0.25) is 5.91 Å². The number of ketones is 1. The minimum absolute atomic E-state index is 0.0732. The molecule has 7 heteroatoms. The SMILES string of the molecule is CCCC(=O)Nc1ccc(C(=O)COC(=O)c2ccc3nc(C)c(C)nc3c2)cc1. The first-order valence-electron chi connectivity index (χ1n) is 9.72. The summed E-state index contributed by atoms with van der Waals surface area (Å²) in [6.45, 7) is 5.28. The number of carbonyl (C=O) groups excluding carboxylic acids is 3. The molecule has 1 amide bonds. The van der Waals surface area contributed by atoms with Crippen LogP contribution in [0.1, 0.15) is 51.9 Å². The first-order valence-corrected chi connectivity index (χ1v) is 9.72. The van der Waals surface area contributed by atoms with Crippen LogP contribution in [0.4, 0.5) is 5.69 Å². The lowest BCUT2D eigenvalue weighted by Gasteiger charge is -2.08. The number of anilines is 1. The van der Waals surface area contributed by atoms with Crippen LogP contribution in [-0.4, -0.2) is 34.2 Å². The molecule has 154 valence electrons. The van der Waals surface area contributed by atoms with E-state index in [9.17, 15) is 14.4 Å². The van der Waals surface area contributed by atoms with Gasteiger partial charge in [-0.25, -0.2) is 14.8 Å². The Bertz CT molecular complexity index is 1110. The lowest BCUT2D eigenvalue weighted by Crippen LogP contribution is -2.15. The van der Waals surface area contributed by atoms with Gasteiger partial charge in [-0.1, -0.05) is 6.92 Å². The van der Waals surface area contributed by atoms with Crippen LogP contribution in [-0.2, 0) is 9.53 Å². The van der Waals surface area contributed by atoms with E-state index in [1.165, 1.54) is 0 Å². The molecule has 3 rings (SSSR count). The number of Topliss-reactive ketones (excluding diaryl/α,β-unsaturated/α-hetero) is 1. The number of rotatable bonds is 7. The average molecular weight is 405 g/mol. The van der Waals surface area contributed by atoms with Crippen molar-refractivity contribution in [1.82, 2.24) is 9.97 Å². The van der Waals surface area contributed by atoms with Crippen molar-refractivity contribution in [3.8, 4) is 0 Å². The fourth-order valence-electron chi connectivity index (χ4n) is 2.85. The van der Waals surface area contributed by atoms with E-state index in [-0.39, 0.29) is 18.3 Å². The first-order chi connectivity index (χ1) is 14.4. The van der Waals surface area contributed by atoms with Crippen molar-refractivity contribution in [3.63, 3.8) is 0 Å². The molecular weight excluding hydrogens is 382 g/mol. The molecule has 1 N–H and O–H groups in total. The molecule has 0 saturated carbocycles. The molecule has 3 aromatic rings. The van der Waals surface area contributed by atoms with Gasteiger partial charge < -0.3 is 10.1 Å². The number of esters is 1. The summed E-state index contributed by atoms with van der Waals surface area (Å²) in [4.78, 5) is 45.1. The predicted molar refractivity (Wildman–Crippen MR) is 114 cm³/mol. The van der Waals surface area contributed by atoms with Crippen LogP contribution in [0.2, 0.25) is 0 Å². The van der Waals surface area contributed by atoms with E-state index >= 15 is 0 Å². The Kier molecular flexibility index (Phi) is 6.51. The zero-order valence-corrected chi connectivity index (χ0v) is 17.2. The third-order valence-corrected chi connectivity index (χ3v) is 4.61. The topological polar surface area (TPSA) is 98.2 Å². The maximum atomic E-state index is 12.3. The molecule has 0 radical (unpaired) electrons. The summed E-state index contributed by atoms with van der Waals surface area (Å²) in [7, 11) is 0. The number of nitrogens with one attached hydrogen (secondary N) is 1. The molecule has 2 aromatic carbocycles. The summed E-state index contributed by atoms with van der Waals surface area (Å²) < 4.78 is 5.17. The second-order valence-corrected chi connectivity index (χ2v) is 6.97. The van der Waals surface area contributed by atoms with Crippen molar-refractivity contribution in [3.05, 3.63) is 65.0 Å². The molecule has 1 aromatic heterocycles. The zero-order chi connectivity index (χ0) is 21.7. The van der Waals surface area contributed by atoms with E-state index in [4.69, 9.17) is 4.74 Å². The predicted octanol–water partition coefficient (Wildman–Crippen LogP) is 4.02. The van der Waals surface area contributed by atoms with E-state index in [0.717, 1.165) is 17.8 Å². The number of carbonyl (C=O) groups is 3. The summed E-state index contributed by atoms with van der Waals surface area (Å²) in [5.74, 6) is -1.01. The number of aromatic nitrogens is 2. The molecule has 0 fully saturated rings. The second-order valence-electron chi connectivity index (χ2n) is 6.97. The lowest BCUT2D eigenvalue weighted by atomic mass is 10.1. The second kappa shape index (κ2) is 9.26. The fourth-order valence-corrected chi connectivity index (χ4v) is 2.85. The van der Waals surface area contributed by atoms with E-state index in [0.29, 0.717) is 34.3 Å². The Balaban J connectivity index is 1.61. The Morgan fingerprint density at radius 3 is 2.20 bits per heavy atom. The average Bonchev–Trinajstić information content (AvgIpc) is 2.73. The minimum atomic E-state index is -0.603. The van der Waals surface area contributed by atoms with Gasteiger partial charge in [-0.2, -0.15) is 0 Å². The van der Waals surface area contributed by atoms with Gasteiger partial charge in [-0.15, -0.1) is 0 Å². The smallest absolute Gasteiger partial charge is 0.338 e. The largest absolute Gasteiger partial charge is 0.454 e. The van der Waals surface area contributed by atoms with Crippen LogP contribution in [0.15, 0.2) is 42.5 Å². The van der Waals surface area contributed by atoms with Gasteiger partial charge in [0, 0.05) is 17.7 Å². The molecule has 0 aliphatic rings. The normalized spacial score (nSPS) is 10.6. The Hall–Kier alpha value is -3.61. The van der Waals surface area contributed by atoms with Crippen LogP contribution in [0.5, 0.6) is 0 Å². The maximum Gasteiger partial charge on any atom is 0.338 e. The van der Waals surface area contributed by atoms with Crippen molar-refractivity contribution in [1.29, 1.82) is 0 Å². The Morgan fingerprint density at radius 2 is 1.53 bits per heavy atom. The number of hydrogen-bond acceptors (Lipinski definition) is 6. The summed E-state index contributed by atoms with van der Waals surface area (Å²) in [6, 6.07) is 11.4. The van der Waals surface area contributed by atoms with E-state index in [2.05, 4.69) is 15.3 Å². The molecule has 0 saturated heterocycles. The van der Waals surface area contributed by atoms with Crippen LogP contribution in [0.25, 0.3) is 11.0 Å². The van der Waals surface area contributed by atoms with Crippen LogP contribution < -0.4 is 5.32 Å². The molecule has 0 aliphatic carbocycles. The van der Waals surface area contributed by atoms with Crippen LogP contribution in [0.3, 0.4) is 0 Å². The highest BCUT2D eigenvalue weighted by atomic mass is 16.5. The number of fused-ring (bicyclic) bond motifs is 1. The van der Waals surface area contributed by atoms with E-state index in [1.54, 1.807) is 42.5 Å². The molecule has 0 unspecified atom stereocenters. The zero-order valence-electron chi connectivity index (χ0n) is 17.2. The quantitative estimate of drug-likeness (QED) is 0.471. The fraction of sp³-hybridized carbons (Fsp3) is 0.261. The van der Waals surface area contributed by atoms with Crippen LogP contribution >= 0.6 is 0 Å². The molecule has 0 atom stereocenters. The first kappa shape index (κ1) is 21.1. The molecule has 1 heterocycles. The Labute approximate surface area is 174 Å². The number of ether oxygens (including phenoxy) is 1. The van der Waals surface area contributed by atoms with Gasteiger partial charge in [-0.05, 0) is 62.7 Å². The molecule has 0 bridgehead atoms. The molecule has 30 heavy (non-hydrogen) atoms. The van der Waals surface area contributed by atoms with Crippen LogP contribution in [0, 0.1) is 13.8 Å². The number of nitrogens with zero attached hydrogens (tertiary/aromatic N) is 2. The lowest BCUT2D eigenvalue weighted by molar-refractivity contribution is -0.116. The summed E-state index contributed by atoms with van der Waals surface area (Å²) in [5, 5.41) is 2.76. The standard InChI is InChI=1S/C23H23N3O4/c1-4-5-22(28)26-18-9-6-16(7-10-18)21(27)13-30-23(29)17-8-11-19-20(12-17)25-15(3)14(2)24-19/h6-12H,4-5,13H2,1-3H3,(H,26,28). The van der Waals surface area contributed by atoms with E-state index in [1.807, 2.05) is 20.8 Å².